The maximum atomic E-state index is 12.3. The standard InChI is InChI=1S/C7H8FN.C2H4N2/c1-5-4-6(8)2-3-7(5)9;3-1-2-4/h2-4H,9H2,1H3;1-4H. The number of nitrogens with one attached hydrogen (secondary N) is 2. The molecule has 4 heteroatoms. The molecule has 1 rings (SSSR count). The van der Waals surface area contributed by atoms with Gasteiger partial charge in [-0.05, 0) is 30.7 Å². The summed E-state index contributed by atoms with van der Waals surface area (Å²) in [6.45, 7) is 1.78. The summed E-state index contributed by atoms with van der Waals surface area (Å²) in [5, 5.41) is 12.2. The van der Waals surface area contributed by atoms with Crippen LogP contribution in [-0.2, 0) is 0 Å². The van der Waals surface area contributed by atoms with Crippen molar-refractivity contribution in [3.8, 4) is 0 Å². The molecule has 0 radical (unpaired) electrons. The van der Waals surface area contributed by atoms with Crippen molar-refractivity contribution in [2.75, 3.05) is 5.73 Å². The molecular formula is C9H12FN3. The zero-order chi connectivity index (χ0) is 10.3. The van der Waals surface area contributed by atoms with Crippen molar-refractivity contribution in [2.45, 2.75) is 6.92 Å². The number of nitrogen functional groups attached to an aromatic ring is 1. The van der Waals surface area contributed by atoms with Crippen LogP contribution in [0.5, 0.6) is 0 Å². The van der Waals surface area contributed by atoms with Crippen LogP contribution in [0.2, 0.25) is 0 Å². The molecule has 0 saturated heterocycles. The Morgan fingerprint density at radius 2 is 1.85 bits per heavy atom. The molecule has 0 aliphatic carbocycles. The van der Waals surface area contributed by atoms with E-state index in [2.05, 4.69) is 0 Å². The SMILES string of the molecule is Cc1cc(F)ccc1N.N=CC=N. The molecule has 0 saturated carbocycles. The van der Waals surface area contributed by atoms with E-state index in [4.69, 9.17) is 16.6 Å². The van der Waals surface area contributed by atoms with Crippen molar-refractivity contribution in [3.05, 3.63) is 29.6 Å². The van der Waals surface area contributed by atoms with Crippen LogP contribution in [0.1, 0.15) is 5.56 Å². The monoisotopic (exact) mass is 181 g/mol. The third-order valence-electron chi connectivity index (χ3n) is 1.32. The second kappa shape index (κ2) is 5.88. The van der Waals surface area contributed by atoms with Gasteiger partial charge in [-0.25, -0.2) is 4.39 Å². The molecule has 0 atom stereocenters. The van der Waals surface area contributed by atoms with Crippen molar-refractivity contribution >= 4 is 18.1 Å². The van der Waals surface area contributed by atoms with E-state index >= 15 is 0 Å². The first-order valence-electron chi connectivity index (χ1n) is 3.63. The molecule has 70 valence electrons. The summed E-state index contributed by atoms with van der Waals surface area (Å²) in [6, 6.07) is 4.32. The Balaban J connectivity index is 0.000000310. The number of rotatable bonds is 1. The number of benzene rings is 1. The van der Waals surface area contributed by atoms with Crippen LogP contribution in [0.3, 0.4) is 0 Å². The predicted octanol–water partition coefficient (Wildman–Crippen LogP) is 2.00. The molecule has 0 aliphatic heterocycles. The normalized spacial score (nSPS) is 8.15. The van der Waals surface area contributed by atoms with E-state index in [0.717, 1.165) is 18.0 Å². The van der Waals surface area contributed by atoms with Crippen LogP contribution in [-0.4, -0.2) is 12.4 Å². The molecule has 0 spiro atoms. The maximum absolute atomic E-state index is 12.3. The fourth-order valence-electron chi connectivity index (χ4n) is 0.639. The summed E-state index contributed by atoms with van der Waals surface area (Å²) in [5.74, 6) is -0.235. The number of nitrogens with two attached hydrogens (primary N) is 1. The fraction of sp³-hybridized carbons (Fsp3) is 0.111. The van der Waals surface area contributed by atoms with Gasteiger partial charge in [-0.15, -0.1) is 0 Å². The minimum atomic E-state index is -0.235. The Kier molecular flexibility index (Phi) is 5.11. The van der Waals surface area contributed by atoms with E-state index in [1.165, 1.54) is 12.1 Å². The van der Waals surface area contributed by atoms with Gasteiger partial charge in [-0.2, -0.15) is 0 Å². The van der Waals surface area contributed by atoms with E-state index in [0.29, 0.717) is 5.69 Å². The zero-order valence-corrected chi connectivity index (χ0v) is 7.34. The number of hydrogen-bond acceptors (Lipinski definition) is 3. The quantitative estimate of drug-likeness (QED) is 0.450. The highest BCUT2D eigenvalue weighted by atomic mass is 19.1. The second-order valence-corrected chi connectivity index (χ2v) is 2.33. The average Bonchev–Trinajstić information content (AvgIpc) is 2.12. The smallest absolute Gasteiger partial charge is 0.123 e. The highest BCUT2D eigenvalue weighted by molar-refractivity contribution is 6.12. The van der Waals surface area contributed by atoms with Gasteiger partial charge in [0.15, 0.2) is 0 Å². The lowest BCUT2D eigenvalue weighted by molar-refractivity contribution is 0.627. The van der Waals surface area contributed by atoms with Gasteiger partial charge >= 0.3 is 0 Å². The average molecular weight is 181 g/mol. The van der Waals surface area contributed by atoms with Crippen LogP contribution >= 0.6 is 0 Å². The Morgan fingerprint density at radius 3 is 2.15 bits per heavy atom. The molecule has 0 aliphatic rings. The van der Waals surface area contributed by atoms with Gasteiger partial charge in [0.25, 0.3) is 0 Å². The molecule has 0 bridgehead atoms. The molecule has 0 fully saturated rings. The molecule has 1 aromatic carbocycles. The molecule has 0 aromatic heterocycles. The first kappa shape index (κ1) is 11.3. The molecule has 4 N–H and O–H groups in total. The largest absolute Gasteiger partial charge is 0.399 e. The van der Waals surface area contributed by atoms with Crippen molar-refractivity contribution in [3.63, 3.8) is 0 Å². The first-order valence-corrected chi connectivity index (χ1v) is 3.63. The van der Waals surface area contributed by atoms with Crippen molar-refractivity contribution in [1.29, 1.82) is 10.8 Å². The van der Waals surface area contributed by atoms with Gasteiger partial charge in [0, 0.05) is 18.1 Å². The van der Waals surface area contributed by atoms with Gasteiger partial charge in [-0.3, -0.25) is 0 Å². The van der Waals surface area contributed by atoms with Crippen LogP contribution in [0.4, 0.5) is 10.1 Å². The summed E-state index contributed by atoms with van der Waals surface area (Å²) in [6.07, 6.45) is 1.83. The fourth-order valence-corrected chi connectivity index (χ4v) is 0.639. The Labute approximate surface area is 76.4 Å². The lowest BCUT2D eigenvalue weighted by atomic mass is 10.2. The lowest BCUT2D eigenvalue weighted by Crippen LogP contribution is -1.88. The topological polar surface area (TPSA) is 73.7 Å². The molecule has 0 heterocycles. The summed E-state index contributed by atoms with van der Waals surface area (Å²) < 4.78 is 12.3. The number of hydrogen-bond donors (Lipinski definition) is 3. The third-order valence-corrected chi connectivity index (χ3v) is 1.32. The third kappa shape index (κ3) is 4.68. The van der Waals surface area contributed by atoms with Crippen molar-refractivity contribution in [2.24, 2.45) is 0 Å². The summed E-state index contributed by atoms with van der Waals surface area (Å²) in [4.78, 5) is 0. The summed E-state index contributed by atoms with van der Waals surface area (Å²) >= 11 is 0. The minimum Gasteiger partial charge on any atom is -0.399 e. The minimum absolute atomic E-state index is 0.235. The van der Waals surface area contributed by atoms with Crippen LogP contribution in [0, 0.1) is 23.6 Å². The van der Waals surface area contributed by atoms with E-state index in [1.54, 1.807) is 13.0 Å². The van der Waals surface area contributed by atoms with E-state index in [1.807, 2.05) is 0 Å². The summed E-state index contributed by atoms with van der Waals surface area (Å²) in [7, 11) is 0. The van der Waals surface area contributed by atoms with Gasteiger partial charge in [0.1, 0.15) is 5.82 Å². The van der Waals surface area contributed by atoms with E-state index in [9.17, 15) is 4.39 Å². The highest BCUT2D eigenvalue weighted by Gasteiger charge is 1.92. The zero-order valence-electron chi connectivity index (χ0n) is 7.34. The van der Waals surface area contributed by atoms with Gasteiger partial charge in [0.2, 0.25) is 0 Å². The maximum Gasteiger partial charge on any atom is 0.123 e. The van der Waals surface area contributed by atoms with Crippen LogP contribution < -0.4 is 5.73 Å². The van der Waals surface area contributed by atoms with Crippen molar-refractivity contribution < 1.29 is 4.39 Å². The number of anilines is 1. The highest BCUT2D eigenvalue weighted by Crippen LogP contribution is 2.10. The number of aryl methyl sites for hydroxylation is 1. The van der Waals surface area contributed by atoms with Gasteiger partial charge < -0.3 is 16.6 Å². The molecule has 0 amide bonds. The molecule has 0 unspecified atom stereocenters. The predicted molar refractivity (Wildman–Crippen MR) is 53.1 cm³/mol. The lowest BCUT2D eigenvalue weighted by Gasteiger charge is -1.96. The Bertz CT molecular complexity index is 291. The van der Waals surface area contributed by atoms with Crippen molar-refractivity contribution in [1.82, 2.24) is 0 Å². The van der Waals surface area contributed by atoms with E-state index < -0.39 is 0 Å². The first-order chi connectivity index (χ1) is 6.11. The summed E-state index contributed by atoms with van der Waals surface area (Å²) in [5.41, 5.74) is 6.84. The van der Waals surface area contributed by atoms with Gasteiger partial charge in [-0.1, -0.05) is 0 Å². The molecule has 3 nitrogen and oxygen atoms in total. The molecule has 13 heavy (non-hydrogen) atoms. The van der Waals surface area contributed by atoms with Crippen LogP contribution in [0.15, 0.2) is 18.2 Å². The second-order valence-electron chi connectivity index (χ2n) is 2.33. The van der Waals surface area contributed by atoms with Crippen LogP contribution in [0.25, 0.3) is 0 Å². The number of halogens is 1. The molecule has 1 aromatic rings. The Hall–Kier alpha value is -1.71. The molecular weight excluding hydrogens is 169 g/mol. The Morgan fingerprint density at radius 1 is 1.31 bits per heavy atom. The van der Waals surface area contributed by atoms with E-state index in [-0.39, 0.29) is 5.82 Å². The van der Waals surface area contributed by atoms with Gasteiger partial charge in [0.05, 0.1) is 0 Å².